The van der Waals surface area contributed by atoms with Crippen LogP contribution in [0, 0.1) is 11.8 Å². The van der Waals surface area contributed by atoms with Gasteiger partial charge in [0.1, 0.15) is 23.9 Å². The molecule has 0 radical (unpaired) electrons. The van der Waals surface area contributed by atoms with Gasteiger partial charge in [0.2, 0.25) is 0 Å². The maximum absolute atomic E-state index is 5.52. The number of rotatable bonds is 4. The second-order valence-electron chi connectivity index (χ2n) is 3.99. The van der Waals surface area contributed by atoms with Crippen molar-refractivity contribution in [2.75, 3.05) is 20.8 Å². The molecule has 0 aromatic heterocycles. The van der Waals surface area contributed by atoms with Gasteiger partial charge in [-0.15, -0.1) is 0 Å². The highest BCUT2D eigenvalue weighted by Crippen LogP contribution is 2.16. The van der Waals surface area contributed by atoms with E-state index in [2.05, 4.69) is 11.8 Å². The Hall–Kier alpha value is -2.60. The number of ether oxygens (including phenoxy) is 3. The van der Waals surface area contributed by atoms with Crippen LogP contribution in [0.2, 0.25) is 0 Å². The van der Waals surface area contributed by atoms with E-state index in [0.29, 0.717) is 6.61 Å². The topological polar surface area (TPSA) is 27.7 Å². The Kier molecular flexibility index (Phi) is 4.91. The summed E-state index contributed by atoms with van der Waals surface area (Å²) in [6.45, 7) is 0.346. The normalized spacial score (nSPS) is 9.30. The lowest BCUT2D eigenvalue weighted by Gasteiger charge is -2.03. The largest absolute Gasteiger partial charge is 0.497 e. The van der Waals surface area contributed by atoms with Gasteiger partial charge in [-0.2, -0.15) is 0 Å². The van der Waals surface area contributed by atoms with Crippen LogP contribution in [0.4, 0.5) is 0 Å². The minimum Gasteiger partial charge on any atom is -0.497 e. The van der Waals surface area contributed by atoms with Crippen LogP contribution in [0.25, 0.3) is 0 Å². The van der Waals surface area contributed by atoms with Gasteiger partial charge in [-0.25, -0.2) is 0 Å². The molecule has 20 heavy (non-hydrogen) atoms. The van der Waals surface area contributed by atoms with Gasteiger partial charge in [-0.1, -0.05) is 11.8 Å². The fraction of sp³-hybridized carbons (Fsp3) is 0.176. The molecule has 3 nitrogen and oxygen atoms in total. The van der Waals surface area contributed by atoms with Crippen LogP contribution in [0.15, 0.2) is 48.5 Å². The molecule has 0 fully saturated rings. The van der Waals surface area contributed by atoms with Gasteiger partial charge in [0.05, 0.1) is 14.2 Å². The molecule has 0 aliphatic heterocycles. The minimum absolute atomic E-state index is 0.346. The first kappa shape index (κ1) is 13.8. The quantitative estimate of drug-likeness (QED) is 0.797. The lowest BCUT2D eigenvalue weighted by molar-refractivity contribution is 0.368. The van der Waals surface area contributed by atoms with Crippen LogP contribution < -0.4 is 14.2 Å². The second-order valence-corrected chi connectivity index (χ2v) is 3.99. The third kappa shape index (κ3) is 3.96. The third-order valence-electron chi connectivity index (χ3n) is 2.69. The maximum Gasteiger partial charge on any atom is 0.149 e. The average Bonchev–Trinajstić information content (AvgIpc) is 2.53. The predicted molar refractivity (Wildman–Crippen MR) is 78.4 cm³/mol. The van der Waals surface area contributed by atoms with E-state index < -0.39 is 0 Å². The SMILES string of the molecule is COc1ccc(C#CCOc2ccc(OC)cc2)cc1. The third-order valence-corrected chi connectivity index (χ3v) is 2.69. The van der Waals surface area contributed by atoms with Crippen molar-refractivity contribution >= 4 is 0 Å². The molecule has 0 atom stereocenters. The number of benzene rings is 2. The van der Waals surface area contributed by atoms with Gasteiger partial charge >= 0.3 is 0 Å². The van der Waals surface area contributed by atoms with Gasteiger partial charge < -0.3 is 14.2 Å². The highest BCUT2D eigenvalue weighted by molar-refractivity contribution is 5.38. The first-order valence-corrected chi connectivity index (χ1v) is 6.21. The Morgan fingerprint density at radius 2 is 1.25 bits per heavy atom. The molecule has 0 aliphatic carbocycles. The van der Waals surface area contributed by atoms with Crippen molar-refractivity contribution in [3.8, 4) is 29.1 Å². The zero-order valence-corrected chi connectivity index (χ0v) is 11.6. The molecule has 2 aromatic carbocycles. The number of hydrogen-bond donors (Lipinski definition) is 0. The summed E-state index contributed by atoms with van der Waals surface area (Å²) < 4.78 is 15.7. The van der Waals surface area contributed by atoms with E-state index in [1.54, 1.807) is 14.2 Å². The van der Waals surface area contributed by atoms with Gasteiger partial charge in [0.25, 0.3) is 0 Å². The molecular formula is C17H16O3. The fourth-order valence-corrected chi connectivity index (χ4v) is 1.60. The zero-order valence-electron chi connectivity index (χ0n) is 11.6. The summed E-state index contributed by atoms with van der Waals surface area (Å²) in [5.74, 6) is 8.41. The molecule has 0 N–H and O–H groups in total. The molecular weight excluding hydrogens is 252 g/mol. The van der Waals surface area contributed by atoms with Crippen LogP contribution in [-0.2, 0) is 0 Å². The lowest BCUT2D eigenvalue weighted by Crippen LogP contribution is -1.94. The van der Waals surface area contributed by atoms with E-state index >= 15 is 0 Å². The van der Waals surface area contributed by atoms with E-state index in [4.69, 9.17) is 14.2 Å². The molecule has 0 spiro atoms. The van der Waals surface area contributed by atoms with Gasteiger partial charge in [0.15, 0.2) is 0 Å². The van der Waals surface area contributed by atoms with Gasteiger partial charge in [0, 0.05) is 5.56 Å². The van der Waals surface area contributed by atoms with Crippen molar-refractivity contribution in [2.24, 2.45) is 0 Å². The molecule has 3 heteroatoms. The standard InChI is InChI=1S/C17H16O3/c1-18-15-7-5-14(6-8-15)4-3-13-20-17-11-9-16(19-2)10-12-17/h5-12H,13H2,1-2H3. The summed E-state index contributed by atoms with van der Waals surface area (Å²) in [4.78, 5) is 0. The van der Waals surface area contributed by atoms with Crippen molar-refractivity contribution in [2.45, 2.75) is 0 Å². The number of methoxy groups -OCH3 is 2. The Morgan fingerprint density at radius 1 is 0.750 bits per heavy atom. The first-order chi connectivity index (χ1) is 9.81. The van der Waals surface area contributed by atoms with Crippen LogP contribution >= 0.6 is 0 Å². The highest BCUT2D eigenvalue weighted by atomic mass is 16.5. The Labute approximate surface area is 119 Å². The molecule has 0 aliphatic rings. The average molecular weight is 268 g/mol. The summed E-state index contributed by atoms with van der Waals surface area (Å²) in [5, 5.41) is 0. The van der Waals surface area contributed by atoms with Crippen LogP contribution in [0.5, 0.6) is 17.2 Å². The maximum atomic E-state index is 5.52. The zero-order chi connectivity index (χ0) is 14.2. The van der Waals surface area contributed by atoms with E-state index in [9.17, 15) is 0 Å². The van der Waals surface area contributed by atoms with Gasteiger partial charge in [-0.3, -0.25) is 0 Å². The number of hydrogen-bond acceptors (Lipinski definition) is 3. The summed E-state index contributed by atoms with van der Waals surface area (Å²) in [7, 11) is 3.28. The van der Waals surface area contributed by atoms with Crippen molar-refractivity contribution < 1.29 is 14.2 Å². The van der Waals surface area contributed by atoms with E-state index in [-0.39, 0.29) is 0 Å². The summed E-state index contributed by atoms with van der Waals surface area (Å²) in [5.41, 5.74) is 0.934. The molecule has 2 aromatic rings. The minimum atomic E-state index is 0.346. The first-order valence-electron chi connectivity index (χ1n) is 6.21. The summed E-state index contributed by atoms with van der Waals surface area (Å²) >= 11 is 0. The van der Waals surface area contributed by atoms with E-state index in [0.717, 1.165) is 22.8 Å². The Bertz CT molecular complexity index is 589. The molecule has 0 saturated heterocycles. The van der Waals surface area contributed by atoms with Crippen molar-refractivity contribution in [1.82, 2.24) is 0 Å². The van der Waals surface area contributed by atoms with Crippen molar-refractivity contribution in [1.29, 1.82) is 0 Å². The highest BCUT2D eigenvalue weighted by Gasteiger charge is 1.93. The molecule has 0 heterocycles. The fourth-order valence-electron chi connectivity index (χ4n) is 1.60. The second kappa shape index (κ2) is 7.10. The Morgan fingerprint density at radius 3 is 1.80 bits per heavy atom. The van der Waals surface area contributed by atoms with E-state index in [1.807, 2.05) is 48.5 Å². The molecule has 0 amide bonds. The van der Waals surface area contributed by atoms with Crippen LogP contribution in [-0.4, -0.2) is 20.8 Å². The predicted octanol–water partition coefficient (Wildman–Crippen LogP) is 3.13. The molecule has 0 unspecified atom stereocenters. The smallest absolute Gasteiger partial charge is 0.149 e. The molecule has 2 rings (SSSR count). The van der Waals surface area contributed by atoms with E-state index in [1.165, 1.54) is 0 Å². The van der Waals surface area contributed by atoms with Crippen LogP contribution in [0.3, 0.4) is 0 Å². The summed E-state index contributed by atoms with van der Waals surface area (Å²) in [6, 6.07) is 15.0. The molecule has 102 valence electrons. The summed E-state index contributed by atoms with van der Waals surface area (Å²) in [6.07, 6.45) is 0. The molecule has 0 bridgehead atoms. The molecule has 0 saturated carbocycles. The lowest BCUT2D eigenvalue weighted by atomic mass is 10.2. The Balaban J connectivity index is 1.87. The van der Waals surface area contributed by atoms with Crippen molar-refractivity contribution in [3.05, 3.63) is 54.1 Å². The van der Waals surface area contributed by atoms with Crippen molar-refractivity contribution in [3.63, 3.8) is 0 Å². The monoisotopic (exact) mass is 268 g/mol. The van der Waals surface area contributed by atoms with Gasteiger partial charge in [-0.05, 0) is 48.5 Å². The van der Waals surface area contributed by atoms with Crippen LogP contribution in [0.1, 0.15) is 5.56 Å².